The summed E-state index contributed by atoms with van der Waals surface area (Å²) in [5, 5.41) is 4.80. The van der Waals surface area contributed by atoms with Crippen LogP contribution in [0.1, 0.15) is 55.9 Å². The average molecular weight is 636 g/mol. The fourth-order valence-corrected chi connectivity index (χ4v) is 5.32. The third kappa shape index (κ3) is 5.32. The minimum atomic E-state index is -4.86. The predicted molar refractivity (Wildman–Crippen MR) is 134 cm³/mol. The third-order valence-electron chi connectivity index (χ3n) is 5.76. The number of pyridine rings is 1. The number of furan rings is 2. The molecule has 0 bridgehead atoms. The molecular weight excluding hydrogens is 623 g/mol. The smallest absolute Gasteiger partial charge is 0.433 e. The molecule has 42 heavy (non-hydrogen) atoms. The van der Waals surface area contributed by atoms with Gasteiger partial charge in [-0.1, -0.05) is 11.6 Å². The van der Waals surface area contributed by atoms with Crippen molar-refractivity contribution in [1.82, 2.24) is 14.8 Å². The number of rotatable bonds is 8. The van der Waals surface area contributed by atoms with Crippen LogP contribution in [0.4, 0.5) is 36.4 Å². The Morgan fingerprint density at radius 3 is 2.48 bits per heavy atom. The van der Waals surface area contributed by atoms with Crippen LogP contribution in [0, 0.1) is 0 Å². The number of anilines is 1. The molecule has 0 aliphatic heterocycles. The molecular formula is C24H13ClF7N5O4S. The highest BCUT2D eigenvalue weighted by molar-refractivity contribution is 7.21. The van der Waals surface area contributed by atoms with Gasteiger partial charge in [-0.25, -0.2) is 22.5 Å². The second-order valence-electron chi connectivity index (χ2n) is 8.44. The Morgan fingerprint density at radius 1 is 1.14 bits per heavy atom. The van der Waals surface area contributed by atoms with E-state index in [-0.39, 0.29) is 37.9 Å². The molecule has 5 rings (SSSR count). The molecule has 5 aromatic heterocycles. The van der Waals surface area contributed by atoms with Gasteiger partial charge in [0.1, 0.15) is 38.3 Å². The maximum atomic E-state index is 13.6. The number of nitrogens with one attached hydrogen (secondary N) is 1. The molecule has 0 aromatic carbocycles. The van der Waals surface area contributed by atoms with Crippen molar-refractivity contribution in [1.29, 1.82) is 0 Å². The SMILES string of the molecule is NC(=O)c1sc2nc(C(F)(F)F)cc(-c3ccco3)c2c1NC(=O)c1ccc(Cn2nc(C(F)F)c(Cl)c2C(F)F)o1. The minimum Gasteiger partial charge on any atom is -0.464 e. The van der Waals surface area contributed by atoms with Crippen LogP contribution >= 0.6 is 22.9 Å². The van der Waals surface area contributed by atoms with Gasteiger partial charge in [0.05, 0.1) is 23.5 Å². The quantitative estimate of drug-likeness (QED) is 0.172. The van der Waals surface area contributed by atoms with Crippen LogP contribution in [0.2, 0.25) is 5.02 Å². The molecule has 220 valence electrons. The third-order valence-corrected chi connectivity index (χ3v) is 7.25. The number of carbonyl (C=O) groups is 2. The Hall–Kier alpha value is -4.38. The van der Waals surface area contributed by atoms with E-state index >= 15 is 0 Å². The van der Waals surface area contributed by atoms with Crippen LogP contribution in [0.15, 0.2) is 45.4 Å². The molecule has 0 aliphatic carbocycles. The van der Waals surface area contributed by atoms with Crippen molar-refractivity contribution < 1.29 is 49.2 Å². The number of nitrogens with zero attached hydrogens (tertiary/aromatic N) is 3. The number of aromatic nitrogens is 3. The molecule has 0 radical (unpaired) electrons. The highest BCUT2D eigenvalue weighted by Crippen LogP contribution is 2.44. The Morgan fingerprint density at radius 2 is 1.88 bits per heavy atom. The van der Waals surface area contributed by atoms with Crippen LogP contribution in [0.5, 0.6) is 0 Å². The summed E-state index contributed by atoms with van der Waals surface area (Å²) >= 11 is 6.14. The largest absolute Gasteiger partial charge is 0.464 e. The van der Waals surface area contributed by atoms with Gasteiger partial charge in [-0.3, -0.25) is 14.3 Å². The monoisotopic (exact) mass is 635 g/mol. The second kappa shape index (κ2) is 10.8. The van der Waals surface area contributed by atoms with E-state index in [1.54, 1.807) is 0 Å². The molecule has 0 saturated heterocycles. The first-order valence-corrected chi connectivity index (χ1v) is 12.6. The van der Waals surface area contributed by atoms with E-state index in [1.165, 1.54) is 24.5 Å². The summed E-state index contributed by atoms with van der Waals surface area (Å²) in [6, 6.07) is 5.74. The van der Waals surface area contributed by atoms with Crippen LogP contribution in [0.3, 0.4) is 0 Å². The summed E-state index contributed by atoms with van der Waals surface area (Å²) in [7, 11) is 0. The normalized spacial score (nSPS) is 12.1. The summed E-state index contributed by atoms with van der Waals surface area (Å²) in [6.07, 6.45) is -10.2. The molecule has 0 atom stereocenters. The summed E-state index contributed by atoms with van der Waals surface area (Å²) in [5.74, 6) is -2.74. The van der Waals surface area contributed by atoms with E-state index in [9.17, 15) is 40.3 Å². The van der Waals surface area contributed by atoms with Gasteiger partial charge >= 0.3 is 6.18 Å². The molecule has 9 nitrogen and oxygen atoms in total. The van der Waals surface area contributed by atoms with Crippen molar-refractivity contribution in [3.8, 4) is 11.3 Å². The van der Waals surface area contributed by atoms with Gasteiger partial charge in [0.15, 0.2) is 5.76 Å². The van der Waals surface area contributed by atoms with Gasteiger partial charge in [-0.2, -0.15) is 18.3 Å². The number of hydrogen-bond acceptors (Lipinski definition) is 7. The lowest BCUT2D eigenvalue weighted by molar-refractivity contribution is -0.140. The number of nitrogens with two attached hydrogens (primary N) is 1. The molecule has 5 heterocycles. The first kappa shape index (κ1) is 29.1. The fourth-order valence-electron chi connectivity index (χ4n) is 4.01. The van der Waals surface area contributed by atoms with E-state index in [4.69, 9.17) is 26.2 Å². The zero-order valence-electron chi connectivity index (χ0n) is 20.3. The molecule has 0 saturated carbocycles. The highest BCUT2D eigenvalue weighted by atomic mass is 35.5. The Bertz CT molecular complexity index is 1810. The van der Waals surface area contributed by atoms with Crippen molar-refractivity contribution in [2.45, 2.75) is 25.6 Å². The molecule has 0 unspecified atom stereocenters. The first-order chi connectivity index (χ1) is 19.8. The fraction of sp³-hybridized carbons (Fsp3) is 0.167. The number of primary amides is 1. The molecule has 0 spiro atoms. The van der Waals surface area contributed by atoms with E-state index < -0.39 is 65.3 Å². The molecule has 5 aromatic rings. The van der Waals surface area contributed by atoms with Crippen LogP contribution in [-0.4, -0.2) is 26.6 Å². The highest BCUT2D eigenvalue weighted by Gasteiger charge is 2.36. The predicted octanol–water partition coefficient (Wildman–Crippen LogP) is 7.29. The first-order valence-electron chi connectivity index (χ1n) is 11.4. The van der Waals surface area contributed by atoms with Gasteiger partial charge in [0.25, 0.3) is 24.7 Å². The average Bonchev–Trinajstić information content (AvgIpc) is 3.69. The summed E-state index contributed by atoms with van der Waals surface area (Å²) < 4.78 is 105. The second-order valence-corrected chi connectivity index (χ2v) is 9.82. The van der Waals surface area contributed by atoms with Crippen molar-refractivity contribution in [2.24, 2.45) is 5.73 Å². The summed E-state index contributed by atoms with van der Waals surface area (Å²) in [4.78, 5) is 28.3. The number of thiophene rings is 1. The van der Waals surface area contributed by atoms with E-state index in [1.807, 2.05) is 0 Å². The van der Waals surface area contributed by atoms with Crippen LogP contribution < -0.4 is 11.1 Å². The van der Waals surface area contributed by atoms with Crippen molar-refractivity contribution in [3.63, 3.8) is 0 Å². The van der Waals surface area contributed by atoms with Crippen molar-refractivity contribution in [3.05, 3.63) is 75.1 Å². The Labute approximate surface area is 237 Å². The van der Waals surface area contributed by atoms with Crippen LogP contribution in [0.25, 0.3) is 21.5 Å². The number of carbonyl (C=O) groups excluding carboxylic acids is 2. The number of fused-ring (bicyclic) bond motifs is 1. The Balaban J connectivity index is 1.52. The van der Waals surface area contributed by atoms with Gasteiger partial charge in [0.2, 0.25) is 0 Å². The Kier molecular flexibility index (Phi) is 7.48. The van der Waals surface area contributed by atoms with E-state index in [0.29, 0.717) is 22.1 Å². The molecule has 2 amide bonds. The maximum Gasteiger partial charge on any atom is 0.433 e. The van der Waals surface area contributed by atoms with Crippen molar-refractivity contribution in [2.75, 3.05) is 5.32 Å². The van der Waals surface area contributed by atoms with Crippen LogP contribution in [-0.2, 0) is 12.7 Å². The van der Waals surface area contributed by atoms with Crippen molar-refractivity contribution >= 4 is 50.7 Å². The maximum absolute atomic E-state index is 13.6. The van der Waals surface area contributed by atoms with Gasteiger partial charge in [-0.15, -0.1) is 11.3 Å². The van der Waals surface area contributed by atoms with Gasteiger partial charge < -0.3 is 19.9 Å². The zero-order chi connectivity index (χ0) is 30.5. The van der Waals surface area contributed by atoms with E-state index in [0.717, 1.165) is 6.07 Å². The number of amides is 2. The molecule has 0 fully saturated rings. The van der Waals surface area contributed by atoms with E-state index in [2.05, 4.69) is 15.4 Å². The lowest BCUT2D eigenvalue weighted by atomic mass is 10.1. The molecule has 0 aliphatic rings. The molecule has 3 N–H and O–H groups in total. The topological polar surface area (TPSA) is 129 Å². The summed E-state index contributed by atoms with van der Waals surface area (Å²) in [5.41, 5.74) is 1.67. The number of halogens is 8. The van der Waals surface area contributed by atoms with Gasteiger partial charge in [0, 0.05) is 10.9 Å². The number of hydrogen-bond donors (Lipinski definition) is 2. The van der Waals surface area contributed by atoms with Gasteiger partial charge in [-0.05, 0) is 30.3 Å². The standard InChI is InChI=1S/C24H13ClF7N5O4S/c25-14-16(19(26)27)36-37(17(14)20(28)29)7-8-3-4-11(41-8)22(39)35-15-13-9(10-2-1-5-40-10)6-12(24(30,31)32)34-23(13)42-18(15)21(33)38/h1-6,19-20H,7H2,(H2,33,38)(H,35,39). The molecule has 18 heteroatoms. The lowest BCUT2D eigenvalue weighted by Crippen LogP contribution is -2.16. The lowest BCUT2D eigenvalue weighted by Gasteiger charge is -2.10. The minimum absolute atomic E-state index is 0.0339. The number of alkyl halides is 7. The zero-order valence-corrected chi connectivity index (χ0v) is 21.9. The summed E-state index contributed by atoms with van der Waals surface area (Å²) in [6.45, 7) is -0.611.